The molecule has 0 bridgehead atoms. The summed E-state index contributed by atoms with van der Waals surface area (Å²) in [5.74, 6) is 1.62. The third-order valence-corrected chi connectivity index (χ3v) is 3.76. The van der Waals surface area contributed by atoms with Crippen LogP contribution in [0, 0.1) is 5.92 Å². The zero-order valence-corrected chi connectivity index (χ0v) is 11.5. The molecule has 1 aliphatic rings. The van der Waals surface area contributed by atoms with Crippen LogP contribution < -0.4 is 4.74 Å². The standard InChI is InChI=1S/C16H21NO2/c1-3-16(18)17-9-7-13(8-10-17)11-14-5-4-6-15(12-14)19-2/h3-6,12-13H,1,7-11H2,2H3. The third-order valence-electron chi connectivity index (χ3n) is 3.76. The molecule has 1 aliphatic heterocycles. The highest BCUT2D eigenvalue weighted by molar-refractivity contribution is 5.87. The molecule has 1 heterocycles. The van der Waals surface area contributed by atoms with Crippen molar-refractivity contribution < 1.29 is 9.53 Å². The first-order valence-electron chi connectivity index (χ1n) is 6.77. The lowest BCUT2D eigenvalue weighted by atomic mass is 9.90. The van der Waals surface area contributed by atoms with Crippen LogP contribution in [-0.4, -0.2) is 31.0 Å². The number of carbonyl (C=O) groups excluding carboxylic acids is 1. The molecule has 0 unspecified atom stereocenters. The minimum atomic E-state index is 0.0554. The predicted octanol–water partition coefficient (Wildman–Crippen LogP) is 2.66. The highest BCUT2D eigenvalue weighted by Gasteiger charge is 2.21. The number of ether oxygens (including phenoxy) is 1. The van der Waals surface area contributed by atoms with E-state index in [0.29, 0.717) is 5.92 Å². The fraction of sp³-hybridized carbons (Fsp3) is 0.438. The SMILES string of the molecule is C=CC(=O)N1CCC(Cc2cccc(OC)c2)CC1. The van der Waals surface area contributed by atoms with Gasteiger partial charge in [0.15, 0.2) is 0 Å². The molecule has 0 radical (unpaired) electrons. The summed E-state index contributed by atoms with van der Waals surface area (Å²) in [5.41, 5.74) is 1.31. The van der Waals surface area contributed by atoms with E-state index in [1.807, 2.05) is 17.0 Å². The molecule has 0 atom stereocenters. The lowest BCUT2D eigenvalue weighted by Gasteiger charge is -2.31. The number of amides is 1. The van der Waals surface area contributed by atoms with E-state index in [2.05, 4.69) is 18.7 Å². The maximum atomic E-state index is 11.5. The lowest BCUT2D eigenvalue weighted by Crippen LogP contribution is -2.37. The monoisotopic (exact) mass is 259 g/mol. The number of nitrogens with zero attached hydrogens (tertiary/aromatic N) is 1. The molecule has 0 saturated carbocycles. The first kappa shape index (κ1) is 13.7. The van der Waals surface area contributed by atoms with Gasteiger partial charge in [0.2, 0.25) is 5.91 Å². The maximum Gasteiger partial charge on any atom is 0.245 e. The Morgan fingerprint density at radius 2 is 2.21 bits per heavy atom. The third kappa shape index (κ3) is 3.60. The van der Waals surface area contributed by atoms with Crippen molar-refractivity contribution >= 4 is 5.91 Å². The molecule has 1 saturated heterocycles. The van der Waals surface area contributed by atoms with E-state index in [-0.39, 0.29) is 5.91 Å². The fourth-order valence-electron chi connectivity index (χ4n) is 2.62. The van der Waals surface area contributed by atoms with Gasteiger partial charge in [-0.05, 0) is 49.0 Å². The minimum Gasteiger partial charge on any atom is -0.497 e. The minimum absolute atomic E-state index is 0.0554. The van der Waals surface area contributed by atoms with Gasteiger partial charge in [0.05, 0.1) is 7.11 Å². The molecule has 0 aromatic heterocycles. The Morgan fingerprint density at radius 3 is 2.84 bits per heavy atom. The molecule has 1 aromatic carbocycles. The van der Waals surface area contributed by atoms with Gasteiger partial charge in [0.1, 0.15) is 5.75 Å². The second-order valence-electron chi connectivity index (χ2n) is 5.03. The van der Waals surface area contributed by atoms with Gasteiger partial charge in [-0.3, -0.25) is 4.79 Å². The normalized spacial score (nSPS) is 16.2. The molecule has 1 aromatic rings. The van der Waals surface area contributed by atoms with E-state index >= 15 is 0 Å². The summed E-state index contributed by atoms with van der Waals surface area (Å²) in [7, 11) is 1.69. The molecule has 3 nitrogen and oxygen atoms in total. The van der Waals surface area contributed by atoms with Crippen LogP contribution in [-0.2, 0) is 11.2 Å². The van der Waals surface area contributed by atoms with E-state index in [1.54, 1.807) is 7.11 Å². The smallest absolute Gasteiger partial charge is 0.245 e. The predicted molar refractivity (Wildman–Crippen MR) is 76.2 cm³/mol. The van der Waals surface area contributed by atoms with Gasteiger partial charge >= 0.3 is 0 Å². The van der Waals surface area contributed by atoms with E-state index in [4.69, 9.17) is 4.74 Å². The van der Waals surface area contributed by atoms with Crippen molar-refractivity contribution in [2.24, 2.45) is 5.92 Å². The van der Waals surface area contributed by atoms with Crippen LogP contribution in [0.4, 0.5) is 0 Å². The molecule has 0 N–H and O–H groups in total. The average Bonchev–Trinajstić information content (AvgIpc) is 2.47. The summed E-state index contributed by atoms with van der Waals surface area (Å²) in [5, 5.41) is 0. The largest absolute Gasteiger partial charge is 0.497 e. The van der Waals surface area contributed by atoms with E-state index in [9.17, 15) is 4.79 Å². The highest BCUT2D eigenvalue weighted by atomic mass is 16.5. The van der Waals surface area contributed by atoms with Crippen molar-refractivity contribution in [3.63, 3.8) is 0 Å². The topological polar surface area (TPSA) is 29.5 Å². The van der Waals surface area contributed by atoms with Crippen LogP contribution in [0.3, 0.4) is 0 Å². The van der Waals surface area contributed by atoms with Gasteiger partial charge in [-0.15, -0.1) is 0 Å². The second-order valence-corrected chi connectivity index (χ2v) is 5.03. The number of methoxy groups -OCH3 is 1. The second kappa shape index (κ2) is 6.41. The summed E-state index contributed by atoms with van der Waals surface area (Å²) >= 11 is 0. The van der Waals surface area contributed by atoms with Crippen LogP contribution in [0.25, 0.3) is 0 Å². The first-order chi connectivity index (χ1) is 9.22. The van der Waals surface area contributed by atoms with E-state index in [1.165, 1.54) is 11.6 Å². The zero-order chi connectivity index (χ0) is 13.7. The molecule has 1 amide bonds. The molecule has 0 aliphatic carbocycles. The molecule has 2 rings (SSSR count). The Hall–Kier alpha value is -1.77. The number of hydrogen-bond acceptors (Lipinski definition) is 2. The summed E-state index contributed by atoms with van der Waals surface area (Å²) in [6, 6.07) is 8.24. The molecular weight excluding hydrogens is 238 g/mol. The van der Waals surface area contributed by atoms with Crippen molar-refractivity contribution in [1.82, 2.24) is 4.90 Å². The quantitative estimate of drug-likeness (QED) is 0.778. The molecule has 1 fully saturated rings. The summed E-state index contributed by atoms with van der Waals surface area (Å²) in [4.78, 5) is 13.4. The molecule has 3 heteroatoms. The number of piperidine rings is 1. The summed E-state index contributed by atoms with van der Waals surface area (Å²) < 4.78 is 5.24. The number of benzene rings is 1. The van der Waals surface area contributed by atoms with Crippen molar-refractivity contribution in [3.8, 4) is 5.75 Å². The Kier molecular flexibility index (Phi) is 4.61. The Bertz CT molecular complexity index is 448. The summed E-state index contributed by atoms with van der Waals surface area (Å²) in [6.45, 7) is 5.23. The van der Waals surface area contributed by atoms with E-state index in [0.717, 1.165) is 38.1 Å². The highest BCUT2D eigenvalue weighted by Crippen LogP contribution is 2.23. The van der Waals surface area contributed by atoms with Crippen LogP contribution in [0.1, 0.15) is 18.4 Å². The fourth-order valence-corrected chi connectivity index (χ4v) is 2.62. The number of carbonyl (C=O) groups is 1. The van der Waals surface area contributed by atoms with Gasteiger partial charge < -0.3 is 9.64 Å². The van der Waals surface area contributed by atoms with Crippen LogP contribution >= 0.6 is 0 Å². The summed E-state index contributed by atoms with van der Waals surface area (Å²) in [6.07, 6.45) is 4.60. The average molecular weight is 259 g/mol. The van der Waals surface area contributed by atoms with Crippen LogP contribution in [0.15, 0.2) is 36.9 Å². The van der Waals surface area contributed by atoms with Crippen LogP contribution in [0.5, 0.6) is 5.75 Å². The van der Waals surface area contributed by atoms with Gasteiger partial charge in [0.25, 0.3) is 0 Å². The number of rotatable bonds is 4. The number of hydrogen-bond donors (Lipinski definition) is 0. The van der Waals surface area contributed by atoms with Crippen molar-refractivity contribution in [1.29, 1.82) is 0 Å². The molecule has 102 valence electrons. The van der Waals surface area contributed by atoms with Gasteiger partial charge in [-0.1, -0.05) is 18.7 Å². The van der Waals surface area contributed by atoms with Crippen LogP contribution in [0.2, 0.25) is 0 Å². The van der Waals surface area contributed by atoms with E-state index < -0.39 is 0 Å². The van der Waals surface area contributed by atoms with Crippen molar-refractivity contribution in [3.05, 3.63) is 42.5 Å². The van der Waals surface area contributed by atoms with Crippen molar-refractivity contribution in [2.45, 2.75) is 19.3 Å². The lowest BCUT2D eigenvalue weighted by molar-refractivity contribution is -0.127. The first-order valence-corrected chi connectivity index (χ1v) is 6.77. The Labute approximate surface area is 114 Å². The number of likely N-dealkylation sites (tertiary alicyclic amines) is 1. The van der Waals surface area contributed by atoms with Gasteiger partial charge in [0, 0.05) is 13.1 Å². The van der Waals surface area contributed by atoms with Gasteiger partial charge in [-0.2, -0.15) is 0 Å². The Balaban J connectivity index is 1.88. The van der Waals surface area contributed by atoms with Crippen molar-refractivity contribution in [2.75, 3.05) is 20.2 Å². The zero-order valence-electron chi connectivity index (χ0n) is 11.5. The molecule has 0 spiro atoms. The molecule has 19 heavy (non-hydrogen) atoms. The molecular formula is C16H21NO2. The maximum absolute atomic E-state index is 11.5. The Morgan fingerprint density at radius 1 is 1.47 bits per heavy atom. The van der Waals surface area contributed by atoms with Gasteiger partial charge in [-0.25, -0.2) is 0 Å².